The number of rotatable bonds is 8. The normalized spacial score (nSPS) is 11.2. The molecular formula is C56H39N. The Hall–Kier alpha value is -7.48. The predicted molar refractivity (Wildman–Crippen MR) is 243 cm³/mol. The van der Waals surface area contributed by atoms with Crippen molar-refractivity contribution in [1.82, 2.24) is 0 Å². The van der Waals surface area contributed by atoms with Crippen LogP contribution in [-0.2, 0) is 0 Å². The third kappa shape index (κ3) is 6.88. The van der Waals surface area contributed by atoms with E-state index in [0.717, 1.165) is 17.1 Å². The molecule has 0 aromatic heterocycles. The van der Waals surface area contributed by atoms with Crippen molar-refractivity contribution in [3.63, 3.8) is 0 Å². The Morgan fingerprint density at radius 2 is 0.614 bits per heavy atom. The number of hydrogen-bond acceptors (Lipinski definition) is 1. The van der Waals surface area contributed by atoms with Crippen molar-refractivity contribution >= 4 is 38.6 Å². The zero-order chi connectivity index (χ0) is 38.0. The monoisotopic (exact) mass is 725 g/mol. The van der Waals surface area contributed by atoms with Gasteiger partial charge in [-0.05, 0) is 138 Å². The molecule has 0 saturated heterocycles. The zero-order valence-corrected chi connectivity index (χ0v) is 31.5. The number of anilines is 3. The molecule has 0 heterocycles. The fourth-order valence-electron chi connectivity index (χ4n) is 8.07. The molecular weight excluding hydrogens is 687 g/mol. The average molecular weight is 726 g/mol. The summed E-state index contributed by atoms with van der Waals surface area (Å²) in [6, 6.07) is 85.6. The highest BCUT2D eigenvalue weighted by Crippen LogP contribution is 2.39. The molecule has 1 heteroatoms. The standard InChI is InChI=1S/C56H39N/c1-3-12-40(13-4-1)43-24-30-52(31-25-43)57(54-34-28-45(29-35-54)48-23-22-42-16-7-8-17-46(42)36-48)53-32-26-44(27-33-53)47-19-11-20-50(37-47)56-39-51(41-14-5-2-6-15-41)38-49-18-9-10-21-55(49)56/h1-39H. The van der Waals surface area contributed by atoms with Gasteiger partial charge in [0.15, 0.2) is 0 Å². The lowest BCUT2D eigenvalue weighted by molar-refractivity contribution is 1.28. The van der Waals surface area contributed by atoms with Gasteiger partial charge in [0.05, 0.1) is 0 Å². The summed E-state index contributed by atoms with van der Waals surface area (Å²) in [6.45, 7) is 0. The van der Waals surface area contributed by atoms with Gasteiger partial charge in [0, 0.05) is 17.1 Å². The summed E-state index contributed by atoms with van der Waals surface area (Å²) in [6.07, 6.45) is 0. The maximum atomic E-state index is 2.35. The van der Waals surface area contributed by atoms with Crippen LogP contribution in [0.2, 0.25) is 0 Å². The molecule has 0 saturated carbocycles. The van der Waals surface area contributed by atoms with Gasteiger partial charge >= 0.3 is 0 Å². The second kappa shape index (κ2) is 15.0. The topological polar surface area (TPSA) is 3.24 Å². The van der Waals surface area contributed by atoms with Crippen LogP contribution in [-0.4, -0.2) is 0 Å². The molecule has 0 aliphatic rings. The van der Waals surface area contributed by atoms with E-state index in [1.807, 2.05) is 0 Å². The first-order valence-corrected chi connectivity index (χ1v) is 19.6. The molecule has 0 aliphatic carbocycles. The maximum Gasteiger partial charge on any atom is 0.0462 e. The Morgan fingerprint density at radius 1 is 0.211 bits per heavy atom. The van der Waals surface area contributed by atoms with Crippen LogP contribution in [0.1, 0.15) is 0 Å². The van der Waals surface area contributed by atoms with Crippen LogP contribution in [0.3, 0.4) is 0 Å². The summed E-state index contributed by atoms with van der Waals surface area (Å²) in [5.74, 6) is 0. The van der Waals surface area contributed by atoms with E-state index in [2.05, 4.69) is 241 Å². The molecule has 0 amide bonds. The van der Waals surface area contributed by atoms with Crippen LogP contribution in [0.25, 0.3) is 77.2 Å². The van der Waals surface area contributed by atoms with E-state index < -0.39 is 0 Å². The lowest BCUT2D eigenvalue weighted by Crippen LogP contribution is -2.09. The first-order valence-electron chi connectivity index (χ1n) is 19.6. The van der Waals surface area contributed by atoms with Crippen LogP contribution in [0.15, 0.2) is 237 Å². The summed E-state index contributed by atoms with van der Waals surface area (Å²) in [7, 11) is 0. The van der Waals surface area contributed by atoms with E-state index in [1.54, 1.807) is 0 Å². The lowest BCUT2D eigenvalue weighted by atomic mass is 9.91. The second-order valence-electron chi connectivity index (χ2n) is 14.6. The molecule has 10 aromatic carbocycles. The first-order chi connectivity index (χ1) is 28.2. The van der Waals surface area contributed by atoms with Gasteiger partial charge in [-0.15, -0.1) is 0 Å². The van der Waals surface area contributed by atoms with Crippen LogP contribution in [0.4, 0.5) is 17.1 Å². The van der Waals surface area contributed by atoms with Crippen LogP contribution in [0.5, 0.6) is 0 Å². The van der Waals surface area contributed by atoms with Gasteiger partial charge < -0.3 is 4.90 Å². The van der Waals surface area contributed by atoms with Crippen molar-refractivity contribution in [3.8, 4) is 55.6 Å². The summed E-state index contributed by atoms with van der Waals surface area (Å²) < 4.78 is 0. The largest absolute Gasteiger partial charge is 0.311 e. The highest BCUT2D eigenvalue weighted by atomic mass is 15.1. The fraction of sp³-hybridized carbons (Fsp3) is 0. The molecule has 1 nitrogen and oxygen atoms in total. The molecule has 0 aliphatic heterocycles. The molecule has 57 heavy (non-hydrogen) atoms. The van der Waals surface area contributed by atoms with E-state index >= 15 is 0 Å². The molecule has 0 unspecified atom stereocenters. The minimum absolute atomic E-state index is 1.10. The summed E-state index contributed by atoms with van der Waals surface area (Å²) in [4.78, 5) is 2.35. The van der Waals surface area contributed by atoms with Crippen LogP contribution >= 0.6 is 0 Å². The second-order valence-corrected chi connectivity index (χ2v) is 14.6. The minimum Gasteiger partial charge on any atom is -0.311 e. The first kappa shape index (κ1) is 34.0. The molecule has 0 bridgehead atoms. The lowest BCUT2D eigenvalue weighted by Gasteiger charge is -2.26. The quantitative estimate of drug-likeness (QED) is 0.151. The highest BCUT2D eigenvalue weighted by molar-refractivity contribution is 6.00. The Kier molecular flexibility index (Phi) is 8.95. The van der Waals surface area contributed by atoms with Gasteiger partial charge in [-0.2, -0.15) is 0 Å². The van der Waals surface area contributed by atoms with E-state index in [-0.39, 0.29) is 0 Å². The van der Waals surface area contributed by atoms with E-state index in [9.17, 15) is 0 Å². The molecule has 0 radical (unpaired) electrons. The van der Waals surface area contributed by atoms with Gasteiger partial charge in [-0.1, -0.05) is 176 Å². The van der Waals surface area contributed by atoms with E-state index in [0.29, 0.717) is 0 Å². The number of fused-ring (bicyclic) bond motifs is 2. The van der Waals surface area contributed by atoms with Crippen molar-refractivity contribution in [3.05, 3.63) is 237 Å². The Labute approximate surface area is 334 Å². The van der Waals surface area contributed by atoms with Crippen molar-refractivity contribution in [1.29, 1.82) is 0 Å². The third-order valence-electron chi connectivity index (χ3n) is 11.0. The highest BCUT2D eigenvalue weighted by Gasteiger charge is 2.15. The smallest absolute Gasteiger partial charge is 0.0462 e. The van der Waals surface area contributed by atoms with E-state index in [1.165, 1.54) is 77.2 Å². The van der Waals surface area contributed by atoms with Crippen molar-refractivity contribution in [2.45, 2.75) is 0 Å². The molecule has 0 atom stereocenters. The number of hydrogen-bond donors (Lipinski definition) is 0. The molecule has 10 rings (SSSR count). The zero-order valence-electron chi connectivity index (χ0n) is 31.5. The molecule has 0 N–H and O–H groups in total. The van der Waals surface area contributed by atoms with Crippen LogP contribution in [0, 0.1) is 0 Å². The SMILES string of the molecule is c1ccc(-c2ccc(N(c3ccc(-c4cccc(-c5cc(-c6ccccc6)cc6ccccc56)c4)cc3)c3ccc(-c4ccc5ccccc5c4)cc3)cc2)cc1. The van der Waals surface area contributed by atoms with Gasteiger partial charge in [-0.25, -0.2) is 0 Å². The molecule has 0 spiro atoms. The Bertz CT molecular complexity index is 2970. The summed E-state index contributed by atoms with van der Waals surface area (Å²) in [5.41, 5.74) is 15.4. The van der Waals surface area contributed by atoms with Gasteiger partial charge in [-0.3, -0.25) is 0 Å². The van der Waals surface area contributed by atoms with Crippen molar-refractivity contribution in [2.75, 3.05) is 4.90 Å². The van der Waals surface area contributed by atoms with Crippen LogP contribution < -0.4 is 4.90 Å². The maximum absolute atomic E-state index is 2.35. The van der Waals surface area contributed by atoms with Gasteiger partial charge in [0.25, 0.3) is 0 Å². The summed E-state index contributed by atoms with van der Waals surface area (Å²) in [5, 5.41) is 5.00. The predicted octanol–water partition coefficient (Wildman–Crippen LogP) is 15.8. The summed E-state index contributed by atoms with van der Waals surface area (Å²) >= 11 is 0. The van der Waals surface area contributed by atoms with Gasteiger partial charge in [0.2, 0.25) is 0 Å². The number of nitrogens with zero attached hydrogens (tertiary/aromatic N) is 1. The Balaban J connectivity index is 1.01. The van der Waals surface area contributed by atoms with Crippen molar-refractivity contribution < 1.29 is 0 Å². The van der Waals surface area contributed by atoms with E-state index in [4.69, 9.17) is 0 Å². The molecule has 10 aromatic rings. The molecule has 268 valence electrons. The minimum atomic E-state index is 1.10. The van der Waals surface area contributed by atoms with Gasteiger partial charge in [0.1, 0.15) is 0 Å². The average Bonchev–Trinajstić information content (AvgIpc) is 3.30. The fourth-order valence-corrected chi connectivity index (χ4v) is 8.07. The number of benzene rings is 10. The third-order valence-corrected chi connectivity index (χ3v) is 11.0. The Morgan fingerprint density at radius 3 is 1.23 bits per heavy atom. The van der Waals surface area contributed by atoms with Crippen molar-refractivity contribution in [2.24, 2.45) is 0 Å². The molecule has 0 fully saturated rings.